The number of benzene rings is 1. The highest BCUT2D eigenvalue weighted by molar-refractivity contribution is 7.89. The van der Waals surface area contributed by atoms with Gasteiger partial charge in [0.2, 0.25) is 10.0 Å². The van der Waals surface area contributed by atoms with E-state index in [2.05, 4.69) is 9.46 Å². The predicted molar refractivity (Wildman–Crippen MR) is 66.8 cm³/mol. The Bertz CT molecular complexity index is 554. The van der Waals surface area contributed by atoms with Crippen molar-refractivity contribution in [3.63, 3.8) is 0 Å². The van der Waals surface area contributed by atoms with Crippen LogP contribution in [-0.4, -0.2) is 42.3 Å². The molecule has 0 unspecified atom stereocenters. The van der Waals surface area contributed by atoms with Crippen LogP contribution < -0.4 is 14.2 Å². The lowest BCUT2D eigenvalue weighted by Gasteiger charge is -2.11. The molecule has 0 amide bonds. The van der Waals surface area contributed by atoms with Crippen molar-refractivity contribution < 1.29 is 27.4 Å². The van der Waals surface area contributed by atoms with E-state index in [1.165, 1.54) is 33.5 Å². The summed E-state index contributed by atoms with van der Waals surface area (Å²) in [7, 11) is 0.0379. The Morgan fingerprint density at radius 3 is 2.42 bits per heavy atom. The van der Waals surface area contributed by atoms with E-state index in [4.69, 9.17) is 9.47 Å². The molecule has 0 atom stereocenters. The Labute approximate surface area is 111 Å². The molecule has 8 heteroatoms. The second-order valence-electron chi connectivity index (χ2n) is 3.42. The van der Waals surface area contributed by atoms with Crippen LogP contribution in [0.2, 0.25) is 0 Å². The zero-order valence-electron chi connectivity index (χ0n) is 10.8. The summed E-state index contributed by atoms with van der Waals surface area (Å²) in [6, 6.07) is 4.34. The van der Waals surface area contributed by atoms with Crippen molar-refractivity contribution >= 4 is 16.0 Å². The minimum absolute atomic E-state index is 0.113. The van der Waals surface area contributed by atoms with Gasteiger partial charge < -0.3 is 14.2 Å². The van der Waals surface area contributed by atoms with Gasteiger partial charge in [-0.25, -0.2) is 8.42 Å². The van der Waals surface area contributed by atoms with Crippen LogP contribution in [0.25, 0.3) is 0 Å². The van der Waals surface area contributed by atoms with Crippen molar-refractivity contribution in [3.8, 4) is 11.5 Å². The monoisotopic (exact) mass is 289 g/mol. The molecule has 1 aromatic rings. The minimum atomic E-state index is -3.90. The Kier molecular flexibility index (Phi) is 5.13. The molecule has 7 nitrogen and oxygen atoms in total. The second kappa shape index (κ2) is 6.39. The Morgan fingerprint density at radius 2 is 1.89 bits per heavy atom. The molecule has 0 radical (unpaired) electrons. The second-order valence-corrected chi connectivity index (χ2v) is 5.15. The van der Waals surface area contributed by atoms with E-state index in [-0.39, 0.29) is 10.6 Å². The lowest BCUT2D eigenvalue weighted by molar-refractivity contribution is -0.139. The molecule has 1 rings (SSSR count). The van der Waals surface area contributed by atoms with Crippen LogP contribution in [0.5, 0.6) is 11.5 Å². The predicted octanol–water partition coefficient (Wildman–Crippen LogP) is 0.155. The summed E-state index contributed by atoms with van der Waals surface area (Å²) < 4.78 is 40.5. The van der Waals surface area contributed by atoms with Gasteiger partial charge in [0, 0.05) is 6.07 Å². The molecule has 0 aliphatic rings. The number of hydrogen-bond donors (Lipinski definition) is 1. The van der Waals surface area contributed by atoms with E-state index in [9.17, 15) is 13.2 Å². The third-order valence-corrected chi connectivity index (χ3v) is 3.72. The molecule has 0 aliphatic heterocycles. The van der Waals surface area contributed by atoms with Crippen molar-refractivity contribution in [1.82, 2.24) is 4.72 Å². The molecule has 0 aromatic heterocycles. The van der Waals surface area contributed by atoms with Gasteiger partial charge in [-0.05, 0) is 12.1 Å². The number of carbonyl (C=O) groups excluding carboxylic acids is 1. The third-order valence-electron chi connectivity index (χ3n) is 2.29. The molecule has 0 fully saturated rings. The number of sulfonamides is 1. The Balaban J connectivity index is 3.08. The Morgan fingerprint density at radius 1 is 1.21 bits per heavy atom. The molecule has 0 saturated carbocycles. The third kappa shape index (κ3) is 3.83. The number of nitrogens with one attached hydrogen (secondary N) is 1. The van der Waals surface area contributed by atoms with Gasteiger partial charge in [-0.15, -0.1) is 0 Å². The highest BCUT2D eigenvalue weighted by Gasteiger charge is 2.21. The topological polar surface area (TPSA) is 90.9 Å². The van der Waals surface area contributed by atoms with E-state index in [1.807, 2.05) is 0 Å². The van der Waals surface area contributed by atoms with E-state index >= 15 is 0 Å². The molecule has 0 aliphatic carbocycles. The largest absolute Gasteiger partial charge is 0.497 e. The normalized spacial score (nSPS) is 10.9. The van der Waals surface area contributed by atoms with Gasteiger partial charge in [-0.2, -0.15) is 4.72 Å². The van der Waals surface area contributed by atoms with Crippen molar-refractivity contribution in [2.24, 2.45) is 0 Å². The van der Waals surface area contributed by atoms with Crippen LogP contribution in [0.15, 0.2) is 23.1 Å². The standard InChI is InChI=1S/C11H15NO6S/c1-16-8-4-5-9(17-2)10(6-8)19(14,15)12-7-11(13)18-3/h4-6,12H,7H2,1-3H3. The first-order chi connectivity index (χ1) is 8.94. The maximum Gasteiger partial charge on any atom is 0.320 e. The molecular weight excluding hydrogens is 274 g/mol. The molecule has 1 aromatic carbocycles. The first-order valence-electron chi connectivity index (χ1n) is 5.23. The summed E-state index contributed by atoms with van der Waals surface area (Å²) in [5, 5.41) is 0. The zero-order valence-corrected chi connectivity index (χ0v) is 11.6. The van der Waals surface area contributed by atoms with Gasteiger partial charge in [0.15, 0.2) is 0 Å². The van der Waals surface area contributed by atoms with Crippen LogP contribution >= 0.6 is 0 Å². The van der Waals surface area contributed by atoms with Gasteiger partial charge in [-0.3, -0.25) is 4.79 Å². The fourth-order valence-corrected chi connectivity index (χ4v) is 2.45. The molecule has 19 heavy (non-hydrogen) atoms. The number of ether oxygens (including phenoxy) is 3. The molecule has 0 bridgehead atoms. The average Bonchev–Trinajstić information content (AvgIpc) is 2.43. The van der Waals surface area contributed by atoms with Crippen LogP contribution in [-0.2, 0) is 19.6 Å². The quantitative estimate of drug-likeness (QED) is 0.750. The lowest BCUT2D eigenvalue weighted by Crippen LogP contribution is -2.30. The summed E-state index contributed by atoms with van der Waals surface area (Å²) in [6.07, 6.45) is 0. The number of rotatable bonds is 6. The number of hydrogen-bond acceptors (Lipinski definition) is 6. The highest BCUT2D eigenvalue weighted by Crippen LogP contribution is 2.27. The summed E-state index contributed by atoms with van der Waals surface area (Å²) >= 11 is 0. The average molecular weight is 289 g/mol. The first-order valence-corrected chi connectivity index (χ1v) is 6.71. The molecule has 0 spiro atoms. The van der Waals surface area contributed by atoms with Gasteiger partial charge in [0.1, 0.15) is 22.9 Å². The van der Waals surface area contributed by atoms with Crippen molar-refractivity contribution in [2.75, 3.05) is 27.9 Å². The summed E-state index contributed by atoms with van der Waals surface area (Å²) in [5.74, 6) is -0.178. The molecule has 1 N–H and O–H groups in total. The number of esters is 1. The fraction of sp³-hybridized carbons (Fsp3) is 0.364. The summed E-state index contributed by atoms with van der Waals surface area (Å²) in [4.78, 5) is 10.8. The van der Waals surface area contributed by atoms with Crippen molar-refractivity contribution in [3.05, 3.63) is 18.2 Å². The van der Waals surface area contributed by atoms with Crippen molar-refractivity contribution in [1.29, 1.82) is 0 Å². The van der Waals surface area contributed by atoms with Crippen LogP contribution in [0.4, 0.5) is 0 Å². The fourth-order valence-electron chi connectivity index (χ4n) is 1.30. The molecule has 0 saturated heterocycles. The van der Waals surface area contributed by atoms with Gasteiger partial charge in [-0.1, -0.05) is 0 Å². The first kappa shape index (κ1) is 15.3. The Hall–Kier alpha value is -1.80. The highest BCUT2D eigenvalue weighted by atomic mass is 32.2. The van der Waals surface area contributed by atoms with Gasteiger partial charge in [0.05, 0.1) is 21.3 Å². The smallest absolute Gasteiger partial charge is 0.320 e. The lowest BCUT2D eigenvalue weighted by atomic mass is 10.3. The van der Waals surface area contributed by atoms with Gasteiger partial charge >= 0.3 is 5.97 Å². The maximum absolute atomic E-state index is 12.0. The number of methoxy groups -OCH3 is 3. The van der Waals surface area contributed by atoms with Crippen LogP contribution in [0.3, 0.4) is 0 Å². The molecule has 106 valence electrons. The van der Waals surface area contributed by atoms with E-state index in [1.54, 1.807) is 6.07 Å². The zero-order chi connectivity index (χ0) is 14.5. The molecule has 0 heterocycles. The van der Waals surface area contributed by atoms with Crippen molar-refractivity contribution in [2.45, 2.75) is 4.90 Å². The summed E-state index contributed by atoms with van der Waals surface area (Å²) in [6.45, 7) is -0.459. The number of carbonyl (C=O) groups is 1. The van der Waals surface area contributed by atoms with E-state index in [0.29, 0.717) is 5.75 Å². The SMILES string of the molecule is COC(=O)CNS(=O)(=O)c1cc(OC)ccc1OC. The van der Waals surface area contributed by atoms with Gasteiger partial charge in [0.25, 0.3) is 0 Å². The molecular formula is C11H15NO6S. The van der Waals surface area contributed by atoms with E-state index < -0.39 is 22.5 Å². The summed E-state index contributed by atoms with van der Waals surface area (Å²) in [5.41, 5.74) is 0. The van der Waals surface area contributed by atoms with Crippen LogP contribution in [0, 0.1) is 0 Å². The maximum atomic E-state index is 12.0. The minimum Gasteiger partial charge on any atom is -0.497 e. The van der Waals surface area contributed by atoms with E-state index in [0.717, 1.165) is 0 Å². The van der Waals surface area contributed by atoms with Crippen LogP contribution in [0.1, 0.15) is 0 Å².